The number of benzene rings is 1. The van der Waals surface area contributed by atoms with Crippen molar-refractivity contribution >= 4 is 10.2 Å². The van der Waals surface area contributed by atoms with Crippen molar-refractivity contribution in [1.29, 1.82) is 0 Å². The van der Waals surface area contributed by atoms with Crippen LogP contribution in [0.2, 0.25) is 0 Å². The molecule has 8 heteroatoms. The molecule has 0 spiro atoms. The summed E-state index contributed by atoms with van der Waals surface area (Å²) in [6.45, 7) is 1.69. The Morgan fingerprint density at radius 1 is 1.20 bits per heavy atom. The van der Waals surface area contributed by atoms with Crippen LogP contribution in [0.1, 0.15) is 22.5 Å². The van der Waals surface area contributed by atoms with Gasteiger partial charge >= 0.3 is 0 Å². The zero-order chi connectivity index (χ0) is 18.0. The number of hydrogen-bond donors (Lipinski definition) is 0. The van der Waals surface area contributed by atoms with Gasteiger partial charge in [-0.3, -0.25) is 4.68 Å². The van der Waals surface area contributed by atoms with Crippen LogP contribution < -0.4 is 0 Å². The number of ether oxygens (including phenoxy) is 1. The molecule has 0 amide bonds. The molecular formula is C17H24N4O3S. The second-order valence-corrected chi connectivity index (χ2v) is 8.49. The van der Waals surface area contributed by atoms with Crippen molar-refractivity contribution in [3.8, 4) is 0 Å². The van der Waals surface area contributed by atoms with Crippen LogP contribution in [0.4, 0.5) is 0 Å². The fourth-order valence-electron chi connectivity index (χ4n) is 3.03. The van der Waals surface area contributed by atoms with Gasteiger partial charge in [-0.15, -0.1) is 0 Å². The van der Waals surface area contributed by atoms with E-state index in [-0.39, 0.29) is 0 Å². The molecule has 0 aliphatic carbocycles. The third-order valence-electron chi connectivity index (χ3n) is 4.43. The maximum absolute atomic E-state index is 12.4. The number of rotatable bonds is 6. The van der Waals surface area contributed by atoms with E-state index in [1.54, 1.807) is 14.1 Å². The monoisotopic (exact) mass is 364 g/mol. The van der Waals surface area contributed by atoms with E-state index in [2.05, 4.69) is 5.10 Å². The Morgan fingerprint density at radius 3 is 2.60 bits per heavy atom. The SMILES string of the molecule is CN(C)S(=O)(=O)N1CCc2c(c(COCc3ccccc3)nn2C)C1. The Bertz CT molecular complexity index is 831. The first-order chi connectivity index (χ1) is 11.9. The fraction of sp³-hybridized carbons (Fsp3) is 0.471. The van der Waals surface area contributed by atoms with Crippen LogP contribution in [0.5, 0.6) is 0 Å². The van der Waals surface area contributed by atoms with Crippen LogP contribution in [0.15, 0.2) is 30.3 Å². The molecule has 0 atom stereocenters. The lowest BCUT2D eigenvalue weighted by Crippen LogP contribution is -2.43. The van der Waals surface area contributed by atoms with Gasteiger partial charge in [0.2, 0.25) is 0 Å². The topological polar surface area (TPSA) is 67.7 Å². The molecule has 1 aromatic heterocycles. The second-order valence-electron chi connectivity index (χ2n) is 6.35. The maximum Gasteiger partial charge on any atom is 0.281 e. The van der Waals surface area contributed by atoms with Crippen molar-refractivity contribution in [3.63, 3.8) is 0 Å². The highest BCUT2D eigenvalue weighted by molar-refractivity contribution is 7.86. The highest BCUT2D eigenvalue weighted by atomic mass is 32.2. The van der Waals surface area contributed by atoms with E-state index in [0.29, 0.717) is 32.7 Å². The average molecular weight is 364 g/mol. The van der Waals surface area contributed by atoms with Crippen LogP contribution in [-0.2, 0) is 48.2 Å². The number of fused-ring (bicyclic) bond motifs is 1. The zero-order valence-corrected chi connectivity index (χ0v) is 15.7. The Kier molecular flexibility index (Phi) is 5.24. The molecule has 25 heavy (non-hydrogen) atoms. The second kappa shape index (κ2) is 7.25. The first kappa shape index (κ1) is 18.1. The number of nitrogens with zero attached hydrogens (tertiary/aromatic N) is 4. The van der Waals surface area contributed by atoms with Gasteiger partial charge in [-0.05, 0) is 5.56 Å². The molecule has 1 aromatic carbocycles. The largest absolute Gasteiger partial charge is 0.370 e. The lowest BCUT2D eigenvalue weighted by molar-refractivity contribution is 0.103. The molecule has 0 bridgehead atoms. The molecule has 2 heterocycles. The van der Waals surface area contributed by atoms with Gasteiger partial charge in [0.1, 0.15) is 0 Å². The normalized spacial score (nSPS) is 15.5. The molecule has 136 valence electrons. The molecule has 0 radical (unpaired) electrons. The average Bonchev–Trinajstić information content (AvgIpc) is 2.91. The molecule has 1 aliphatic rings. The van der Waals surface area contributed by atoms with E-state index in [4.69, 9.17) is 4.74 Å². The van der Waals surface area contributed by atoms with Gasteiger partial charge in [0.15, 0.2) is 0 Å². The Hall–Kier alpha value is -1.74. The summed E-state index contributed by atoms with van der Waals surface area (Å²) in [4.78, 5) is 0. The molecule has 0 unspecified atom stereocenters. The summed E-state index contributed by atoms with van der Waals surface area (Å²) in [6, 6.07) is 9.95. The molecule has 0 saturated carbocycles. The summed E-state index contributed by atoms with van der Waals surface area (Å²) in [5.41, 5.74) is 3.96. The van der Waals surface area contributed by atoms with Gasteiger partial charge in [0.25, 0.3) is 10.2 Å². The lowest BCUT2D eigenvalue weighted by Gasteiger charge is -2.29. The third-order valence-corrected chi connectivity index (χ3v) is 6.32. The van der Waals surface area contributed by atoms with E-state index >= 15 is 0 Å². The van der Waals surface area contributed by atoms with Gasteiger partial charge in [-0.1, -0.05) is 30.3 Å². The minimum atomic E-state index is -3.42. The molecule has 0 saturated heterocycles. The van der Waals surface area contributed by atoms with Gasteiger partial charge < -0.3 is 4.74 Å². The third kappa shape index (κ3) is 3.77. The molecule has 0 N–H and O–H groups in total. The molecule has 7 nitrogen and oxygen atoms in total. The first-order valence-corrected chi connectivity index (χ1v) is 9.62. The fourth-order valence-corrected chi connectivity index (χ4v) is 4.10. The van der Waals surface area contributed by atoms with E-state index < -0.39 is 10.2 Å². The standard InChI is InChI=1S/C17H24N4O3S/c1-19(2)25(22,23)21-10-9-17-15(11-21)16(18-20(17)3)13-24-12-14-7-5-4-6-8-14/h4-8H,9-13H2,1-3H3. The predicted octanol–water partition coefficient (Wildman–Crippen LogP) is 1.30. The molecular weight excluding hydrogens is 340 g/mol. The summed E-state index contributed by atoms with van der Waals surface area (Å²) in [5, 5.41) is 4.54. The zero-order valence-electron chi connectivity index (χ0n) is 14.8. The highest BCUT2D eigenvalue weighted by Gasteiger charge is 2.31. The lowest BCUT2D eigenvalue weighted by atomic mass is 10.1. The van der Waals surface area contributed by atoms with Crippen LogP contribution in [0, 0.1) is 0 Å². The summed E-state index contributed by atoms with van der Waals surface area (Å²) < 4.78 is 35.2. The molecule has 1 aliphatic heterocycles. The van der Waals surface area contributed by atoms with Crippen molar-refractivity contribution in [1.82, 2.24) is 18.4 Å². The van der Waals surface area contributed by atoms with Crippen molar-refractivity contribution in [2.24, 2.45) is 7.05 Å². The summed E-state index contributed by atoms with van der Waals surface area (Å²) in [6.07, 6.45) is 0.657. The van der Waals surface area contributed by atoms with Crippen molar-refractivity contribution in [2.75, 3.05) is 20.6 Å². The Morgan fingerprint density at radius 2 is 1.92 bits per heavy atom. The molecule has 0 fully saturated rings. The minimum absolute atomic E-state index is 0.341. The maximum atomic E-state index is 12.4. The number of hydrogen-bond acceptors (Lipinski definition) is 4. The van der Waals surface area contributed by atoms with Crippen LogP contribution in [-0.4, -0.2) is 47.4 Å². The van der Waals surface area contributed by atoms with Crippen molar-refractivity contribution < 1.29 is 13.2 Å². The summed E-state index contributed by atoms with van der Waals surface area (Å²) >= 11 is 0. The molecule has 2 aromatic rings. The van der Waals surface area contributed by atoms with E-state index in [0.717, 1.165) is 22.5 Å². The van der Waals surface area contributed by atoms with Gasteiger partial charge in [0, 0.05) is 51.9 Å². The summed E-state index contributed by atoms with van der Waals surface area (Å²) in [7, 11) is 1.58. The minimum Gasteiger partial charge on any atom is -0.370 e. The summed E-state index contributed by atoms with van der Waals surface area (Å²) in [5.74, 6) is 0. The number of aromatic nitrogens is 2. The van der Waals surface area contributed by atoms with E-state index in [9.17, 15) is 8.42 Å². The van der Waals surface area contributed by atoms with Crippen molar-refractivity contribution in [2.45, 2.75) is 26.2 Å². The predicted molar refractivity (Wildman–Crippen MR) is 94.9 cm³/mol. The molecule has 3 rings (SSSR count). The van der Waals surface area contributed by atoms with Crippen LogP contribution >= 0.6 is 0 Å². The Labute approximate surface area is 149 Å². The Balaban J connectivity index is 1.73. The smallest absolute Gasteiger partial charge is 0.281 e. The van der Waals surface area contributed by atoms with Gasteiger partial charge in [-0.25, -0.2) is 0 Å². The quantitative estimate of drug-likeness (QED) is 0.775. The van der Waals surface area contributed by atoms with Crippen LogP contribution in [0.25, 0.3) is 0 Å². The van der Waals surface area contributed by atoms with Crippen molar-refractivity contribution in [3.05, 3.63) is 52.8 Å². The van der Waals surface area contributed by atoms with Gasteiger partial charge in [-0.2, -0.15) is 22.1 Å². The van der Waals surface area contributed by atoms with Gasteiger partial charge in [0.05, 0.1) is 18.9 Å². The first-order valence-electron chi connectivity index (χ1n) is 8.22. The number of aryl methyl sites for hydroxylation is 1. The highest BCUT2D eigenvalue weighted by Crippen LogP contribution is 2.25. The van der Waals surface area contributed by atoms with E-state index in [1.165, 1.54) is 8.61 Å². The van der Waals surface area contributed by atoms with E-state index in [1.807, 2.05) is 42.1 Å². The van der Waals surface area contributed by atoms with Crippen LogP contribution in [0.3, 0.4) is 0 Å².